The highest BCUT2D eigenvalue weighted by molar-refractivity contribution is 14.1. The molecule has 1 saturated heterocycles. The van der Waals surface area contributed by atoms with E-state index in [1.807, 2.05) is 22.6 Å². The molecule has 0 saturated carbocycles. The summed E-state index contributed by atoms with van der Waals surface area (Å²) in [5.41, 5.74) is 3.52. The van der Waals surface area contributed by atoms with Gasteiger partial charge in [-0.05, 0) is 10.2 Å². The van der Waals surface area contributed by atoms with Gasteiger partial charge in [0, 0.05) is 11.8 Å². The first-order valence-electron chi connectivity index (χ1n) is 5.73. The predicted octanol–water partition coefficient (Wildman–Crippen LogP) is -1.37. The molecule has 1 fully saturated rings. The van der Waals surface area contributed by atoms with E-state index in [0.717, 1.165) is 4.57 Å². The van der Waals surface area contributed by atoms with Crippen LogP contribution in [0.5, 0.6) is 0 Å². The Balaban J connectivity index is 2.61. The number of aliphatic hydroxyl groups is 3. The van der Waals surface area contributed by atoms with E-state index in [9.17, 15) is 20.1 Å². The van der Waals surface area contributed by atoms with E-state index in [1.165, 1.54) is 6.20 Å². The fourth-order valence-electron chi connectivity index (χ4n) is 2.08. The van der Waals surface area contributed by atoms with E-state index in [1.54, 1.807) is 10.2 Å². The molecule has 9 heteroatoms. The van der Waals surface area contributed by atoms with Crippen molar-refractivity contribution in [3.05, 3.63) is 26.3 Å². The number of nitrogens with zero attached hydrogens (tertiary/aromatic N) is 2. The molecule has 1 aliphatic rings. The van der Waals surface area contributed by atoms with Gasteiger partial charge in [0.25, 0.3) is 0 Å². The summed E-state index contributed by atoms with van der Waals surface area (Å²) in [5, 5.41) is 29.1. The minimum Gasteiger partial charge on any atom is -0.391 e. The molecule has 0 spiro atoms. The summed E-state index contributed by atoms with van der Waals surface area (Å²) in [4.78, 5) is 15.6. The second-order valence-electron chi connectivity index (χ2n) is 4.35. The van der Waals surface area contributed by atoms with E-state index in [-0.39, 0.29) is 12.4 Å². The van der Waals surface area contributed by atoms with Crippen molar-refractivity contribution >= 4 is 34.5 Å². The van der Waals surface area contributed by atoms with Crippen molar-refractivity contribution in [2.45, 2.75) is 17.9 Å². The fraction of sp³-hybridized carbons (Fsp3) is 0.455. The van der Waals surface area contributed by atoms with Crippen LogP contribution in [0.2, 0.25) is 0 Å². The summed E-state index contributed by atoms with van der Waals surface area (Å²) >= 11 is 1.98. The number of halogens is 1. The van der Waals surface area contributed by atoms with E-state index < -0.39 is 30.2 Å². The molecule has 3 atom stereocenters. The fourth-order valence-corrected chi connectivity index (χ4v) is 2.47. The van der Waals surface area contributed by atoms with Crippen LogP contribution in [0.4, 0.5) is 5.82 Å². The van der Waals surface area contributed by atoms with Gasteiger partial charge < -0.3 is 25.8 Å². The lowest BCUT2D eigenvalue weighted by molar-refractivity contribution is -0.154. The van der Waals surface area contributed by atoms with Crippen LogP contribution >= 0.6 is 22.6 Å². The number of rotatable bonds is 3. The van der Waals surface area contributed by atoms with Gasteiger partial charge in [0.1, 0.15) is 18.0 Å². The smallest absolute Gasteiger partial charge is 0.352 e. The maximum Gasteiger partial charge on any atom is 0.352 e. The molecule has 1 aromatic heterocycles. The molecule has 8 nitrogen and oxygen atoms in total. The van der Waals surface area contributed by atoms with Crippen LogP contribution in [0.25, 0.3) is 6.08 Å². The van der Waals surface area contributed by atoms with Gasteiger partial charge >= 0.3 is 5.69 Å². The van der Waals surface area contributed by atoms with Crippen molar-refractivity contribution in [1.82, 2.24) is 9.55 Å². The first kappa shape index (κ1) is 15.4. The number of hydrogen-bond acceptors (Lipinski definition) is 7. The number of hydrogen-bond donors (Lipinski definition) is 4. The predicted molar refractivity (Wildman–Crippen MR) is 79.0 cm³/mol. The SMILES string of the molecule is Nc1nc(=O)n([C@@]2(CO)OC[C@H](O)[C@H]2O)cc1C=CI. The van der Waals surface area contributed by atoms with Crippen LogP contribution < -0.4 is 11.4 Å². The third-order valence-electron chi connectivity index (χ3n) is 3.19. The van der Waals surface area contributed by atoms with Crippen molar-refractivity contribution in [2.75, 3.05) is 18.9 Å². The molecule has 110 valence electrons. The van der Waals surface area contributed by atoms with Gasteiger partial charge in [-0.15, -0.1) is 0 Å². The van der Waals surface area contributed by atoms with Crippen LogP contribution in [-0.2, 0) is 10.5 Å². The Kier molecular flexibility index (Phi) is 4.44. The lowest BCUT2D eigenvalue weighted by Crippen LogP contribution is -2.53. The van der Waals surface area contributed by atoms with E-state index >= 15 is 0 Å². The number of aromatic nitrogens is 2. The van der Waals surface area contributed by atoms with Crippen LogP contribution in [0.3, 0.4) is 0 Å². The normalized spacial score (nSPS) is 30.2. The van der Waals surface area contributed by atoms with Gasteiger partial charge in [-0.1, -0.05) is 22.6 Å². The molecule has 0 aromatic carbocycles. The molecule has 5 N–H and O–H groups in total. The molecule has 1 aromatic rings. The Morgan fingerprint density at radius 2 is 2.35 bits per heavy atom. The summed E-state index contributed by atoms with van der Waals surface area (Å²) in [6.45, 7) is -0.889. The Labute approximate surface area is 127 Å². The molecule has 0 radical (unpaired) electrons. The van der Waals surface area contributed by atoms with Crippen molar-refractivity contribution < 1.29 is 20.1 Å². The molecule has 2 rings (SSSR count). The van der Waals surface area contributed by atoms with E-state index in [4.69, 9.17) is 10.5 Å². The van der Waals surface area contributed by atoms with Crippen LogP contribution in [0, 0.1) is 0 Å². The van der Waals surface area contributed by atoms with Crippen molar-refractivity contribution in [3.8, 4) is 0 Å². The minimum atomic E-state index is -1.76. The van der Waals surface area contributed by atoms with Gasteiger partial charge in [-0.3, -0.25) is 4.57 Å². The van der Waals surface area contributed by atoms with Gasteiger partial charge in [0.2, 0.25) is 5.72 Å². The highest BCUT2D eigenvalue weighted by Crippen LogP contribution is 2.30. The summed E-state index contributed by atoms with van der Waals surface area (Å²) in [6.07, 6.45) is 0.293. The van der Waals surface area contributed by atoms with Crippen LogP contribution in [0.1, 0.15) is 5.56 Å². The summed E-state index contributed by atoms with van der Waals surface area (Å²) in [7, 11) is 0. The second kappa shape index (κ2) is 5.77. The second-order valence-corrected chi connectivity index (χ2v) is 5.07. The maximum atomic E-state index is 12.0. The Morgan fingerprint density at radius 1 is 1.65 bits per heavy atom. The molecule has 0 bridgehead atoms. The summed E-state index contributed by atoms with van der Waals surface area (Å²) in [6, 6.07) is 0. The van der Waals surface area contributed by atoms with Crippen molar-refractivity contribution in [1.29, 1.82) is 0 Å². The molecule has 0 aliphatic carbocycles. The van der Waals surface area contributed by atoms with Crippen LogP contribution in [0.15, 0.2) is 15.1 Å². The topological polar surface area (TPSA) is 131 Å². The Bertz CT molecular complexity index is 590. The minimum absolute atomic E-state index is 0.0280. The number of anilines is 1. The third kappa shape index (κ3) is 2.35. The van der Waals surface area contributed by atoms with Gasteiger partial charge in [-0.25, -0.2) is 4.79 Å². The lowest BCUT2D eigenvalue weighted by atomic mass is 10.1. The largest absolute Gasteiger partial charge is 0.391 e. The zero-order valence-corrected chi connectivity index (χ0v) is 12.5. The van der Waals surface area contributed by atoms with Gasteiger partial charge in [-0.2, -0.15) is 4.98 Å². The molecular formula is C11H14IN3O5. The monoisotopic (exact) mass is 395 g/mol. The highest BCUT2D eigenvalue weighted by Gasteiger charge is 2.51. The molecular weight excluding hydrogens is 381 g/mol. The number of aliphatic hydroxyl groups excluding tert-OH is 3. The third-order valence-corrected chi connectivity index (χ3v) is 3.55. The Morgan fingerprint density at radius 3 is 2.85 bits per heavy atom. The average molecular weight is 395 g/mol. The highest BCUT2D eigenvalue weighted by atomic mass is 127. The maximum absolute atomic E-state index is 12.0. The average Bonchev–Trinajstić information content (AvgIpc) is 2.71. The van der Waals surface area contributed by atoms with Gasteiger partial charge in [0.05, 0.1) is 13.2 Å². The molecule has 0 amide bonds. The zero-order valence-electron chi connectivity index (χ0n) is 10.3. The number of ether oxygens (including phenoxy) is 1. The first-order valence-corrected chi connectivity index (χ1v) is 6.98. The quantitative estimate of drug-likeness (QED) is 0.465. The molecule has 1 aliphatic heterocycles. The van der Waals surface area contributed by atoms with Crippen LogP contribution in [-0.4, -0.2) is 50.3 Å². The Hall–Kier alpha value is -1.01. The number of nitrogen functional groups attached to an aromatic ring is 1. The molecule has 2 heterocycles. The lowest BCUT2D eigenvalue weighted by Gasteiger charge is -2.31. The molecule has 0 unspecified atom stereocenters. The summed E-state index contributed by atoms with van der Waals surface area (Å²) < 4.78 is 7.89. The standard InChI is InChI=1S/C11H14IN3O5/c12-2-1-6-3-15(10(19)14-9(6)13)11(5-16)8(18)7(17)4-20-11/h1-3,7-8,16-18H,4-5H2,(H2,13,14,19)/t7-,8+,11-/m0/s1. The van der Waals surface area contributed by atoms with Gasteiger partial charge in [0.15, 0.2) is 0 Å². The van der Waals surface area contributed by atoms with E-state index in [0.29, 0.717) is 5.56 Å². The summed E-state index contributed by atoms with van der Waals surface area (Å²) in [5.74, 6) is 0.0280. The first-order chi connectivity index (χ1) is 9.46. The zero-order chi connectivity index (χ0) is 14.9. The van der Waals surface area contributed by atoms with Crippen molar-refractivity contribution in [2.24, 2.45) is 0 Å². The number of nitrogens with two attached hydrogens (primary N) is 1. The van der Waals surface area contributed by atoms with E-state index in [2.05, 4.69) is 4.98 Å². The molecule has 20 heavy (non-hydrogen) atoms. The van der Waals surface area contributed by atoms with Crippen molar-refractivity contribution in [3.63, 3.8) is 0 Å².